The number of para-hydroxylation sites is 2. The standard InChI is InChI=1S/C23H26N4O4/c1-3-27-18-10-9-16(15-17(18)24-21(28)23(27)30)22(29)26-13-11-25(12-14-26)19-7-5-6-8-20(19)31-4-2/h5-10,15H,3-4,11-14H2,1-2H3,(H,24,28). The SMILES string of the molecule is CCOc1ccccc1N1CCN(C(=O)c2ccc3c(c2)[nH]c(=O)c(=O)n3CC)CC1. The number of benzene rings is 2. The molecule has 31 heavy (non-hydrogen) atoms. The zero-order valence-corrected chi connectivity index (χ0v) is 17.8. The first-order valence-electron chi connectivity index (χ1n) is 10.6. The van der Waals surface area contributed by atoms with Crippen LogP contribution in [-0.2, 0) is 6.54 Å². The number of nitrogens with zero attached hydrogens (tertiary/aromatic N) is 3. The number of carbonyl (C=O) groups is 1. The first-order valence-corrected chi connectivity index (χ1v) is 10.6. The van der Waals surface area contributed by atoms with Crippen molar-refractivity contribution in [2.24, 2.45) is 0 Å². The minimum absolute atomic E-state index is 0.0882. The molecule has 1 saturated heterocycles. The Kier molecular flexibility index (Phi) is 5.79. The molecule has 2 heterocycles. The van der Waals surface area contributed by atoms with Gasteiger partial charge in [-0.2, -0.15) is 0 Å². The molecule has 0 bridgehead atoms. The smallest absolute Gasteiger partial charge is 0.316 e. The lowest BCUT2D eigenvalue weighted by Crippen LogP contribution is -2.48. The number of piperazine rings is 1. The number of carbonyl (C=O) groups excluding carboxylic acids is 1. The van der Waals surface area contributed by atoms with Crippen molar-refractivity contribution in [1.29, 1.82) is 0 Å². The summed E-state index contributed by atoms with van der Waals surface area (Å²) in [5.41, 5.74) is 1.37. The van der Waals surface area contributed by atoms with Crippen LogP contribution in [0.3, 0.4) is 0 Å². The first kappa shape index (κ1) is 20.7. The second-order valence-corrected chi connectivity index (χ2v) is 7.42. The number of fused-ring (bicyclic) bond motifs is 1. The van der Waals surface area contributed by atoms with Gasteiger partial charge in [-0.1, -0.05) is 12.1 Å². The summed E-state index contributed by atoms with van der Waals surface area (Å²) in [5.74, 6) is 0.764. The molecule has 0 saturated carbocycles. The van der Waals surface area contributed by atoms with Crippen LogP contribution in [0.25, 0.3) is 11.0 Å². The van der Waals surface area contributed by atoms with Crippen molar-refractivity contribution in [2.75, 3.05) is 37.7 Å². The van der Waals surface area contributed by atoms with E-state index in [0.717, 1.165) is 11.4 Å². The molecule has 1 N–H and O–H groups in total. The van der Waals surface area contributed by atoms with Crippen LogP contribution in [0.15, 0.2) is 52.1 Å². The number of anilines is 1. The van der Waals surface area contributed by atoms with Crippen molar-refractivity contribution in [3.8, 4) is 5.75 Å². The maximum atomic E-state index is 13.1. The number of aryl methyl sites for hydroxylation is 1. The average Bonchev–Trinajstić information content (AvgIpc) is 2.80. The Hall–Kier alpha value is -3.55. The summed E-state index contributed by atoms with van der Waals surface area (Å²) in [4.78, 5) is 43.7. The fraction of sp³-hybridized carbons (Fsp3) is 0.348. The predicted octanol–water partition coefficient (Wildman–Crippen LogP) is 2.07. The number of aromatic amines is 1. The van der Waals surface area contributed by atoms with Crippen molar-refractivity contribution in [3.63, 3.8) is 0 Å². The molecule has 1 aliphatic heterocycles. The Morgan fingerprint density at radius 1 is 1.03 bits per heavy atom. The summed E-state index contributed by atoms with van der Waals surface area (Å²) in [6.45, 7) is 7.34. The van der Waals surface area contributed by atoms with Gasteiger partial charge in [-0.3, -0.25) is 14.4 Å². The van der Waals surface area contributed by atoms with E-state index in [-0.39, 0.29) is 5.91 Å². The number of ether oxygens (including phenoxy) is 1. The van der Waals surface area contributed by atoms with E-state index in [2.05, 4.69) is 9.88 Å². The molecule has 1 aliphatic rings. The highest BCUT2D eigenvalue weighted by molar-refractivity contribution is 5.97. The summed E-state index contributed by atoms with van der Waals surface area (Å²) in [7, 11) is 0. The topological polar surface area (TPSA) is 87.6 Å². The molecule has 0 aliphatic carbocycles. The number of aromatic nitrogens is 2. The third-order valence-corrected chi connectivity index (χ3v) is 5.61. The molecule has 1 amide bonds. The summed E-state index contributed by atoms with van der Waals surface area (Å²) in [5, 5.41) is 0. The molecule has 4 rings (SSSR count). The van der Waals surface area contributed by atoms with Crippen LogP contribution in [-0.4, -0.2) is 53.1 Å². The van der Waals surface area contributed by atoms with E-state index in [9.17, 15) is 14.4 Å². The van der Waals surface area contributed by atoms with Gasteiger partial charge in [0.2, 0.25) is 0 Å². The molecule has 8 nitrogen and oxygen atoms in total. The van der Waals surface area contributed by atoms with Gasteiger partial charge in [0.05, 0.1) is 23.3 Å². The highest BCUT2D eigenvalue weighted by Gasteiger charge is 2.24. The largest absolute Gasteiger partial charge is 0.492 e. The fourth-order valence-corrected chi connectivity index (χ4v) is 4.06. The van der Waals surface area contributed by atoms with Gasteiger partial charge in [0.25, 0.3) is 5.91 Å². The summed E-state index contributed by atoms with van der Waals surface area (Å²) < 4.78 is 7.15. The maximum Gasteiger partial charge on any atom is 0.316 e. The molecule has 1 aromatic heterocycles. The van der Waals surface area contributed by atoms with Crippen LogP contribution < -0.4 is 20.8 Å². The van der Waals surface area contributed by atoms with Crippen molar-refractivity contribution < 1.29 is 9.53 Å². The summed E-state index contributed by atoms with van der Waals surface area (Å²) in [6, 6.07) is 13.0. The van der Waals surface area contributed by atoms with Gasteiger partial charge in [0.1, 0.15) is 5.75 Å². The van der Waals surface area contributed by atoms with E-state index in [1.807, 2.05) is 43.0 Å². The van der Waals surface area contributed by atoms with Crippen molar-refractivity contribution in [3.05, 3.63) is 68.7 Å². The fourth-order valence-electron chi connectivity index (χ4n) is 4.06. The van der Waals surface area contributed by atoms with Gasteiger partial charge >= 0.3 is 11.1 Å². The van der Waals surface area contributed by atoms with Crippen LogP contribution in [0.4, 0.5) is 5.69 Å². The van der Waals surface area contributed by atoms with Gasteiger partial charge in [-0.05, 0) is 44.2 Å². The van der Waals surface area contributed by atoms with Crippen molar-refractivity contribution in [2.45, 2.75) is 20.4 Å². The highest BCUT2D eigenvalue weighted by Crippen LogP contribution is 2.29. The second kappa shape index (κ2) is 8.67. The Morgan fingerprint density at radius 3 is 2.48 bits per heavy atom. The number of amides is 1. The van der Waals surface area contributed by atoms with Crippen LogP contribution in [0.1, 0.15) is 24.2 Å². The van der Waals surface area contributed by atoms with Crippen molar-refractivity contribution >= 4 is 22.6 Å². The molecule has 0 radical (unpaired) electrons. The summed E-state index contributed by atoms with van der Waals surface area (Å²) in [6.07, 6.45) is 0. The average molecular weight is 422 g/mol. The molecular weight excluding hydrogens is 396 g/mol. The molecule has 2 aromatic carbocycles. The monoisotopic (exact) mass is 422 g/mol. The van der Waals surface area contributed by atoms with Gasteiger partial charge in [-0.25, -0.2) is 0 Å². The highest BCUT2D eigenvalue weighted by atomic mass is 16.5. The number of hydrogen-bond acceptors (Lipinski definition) is 5. The summed E-state index contributed by atoms with van der Waals surface area (Å²) >= 11 is 0. The van der Waals surface area contributed by atoms with E-state index in [0.29, 0.717) is 55.9 Å². The third-order valence-electron chi connectivity index (χ3n) is 5.61. The molecule has 1 fully saturated rings. The first-order chi connectivity index (χ1) is 15.0. The molecule has 0 unspecified atom stereocenters. The van der Waals surface area contributed by atoms with E-state index in [1.54, 1.807) is 18.2 Å². The molecule has 162 valence electrons. The van der Waals surface area contributed by atoms with E-state index < -0.39 is 11.1 Å². The number of hydrogen-bond donors (Lipinski definition) is 1. The lowest BCUT2D eigenvalue weighted by atomic mass is 10.1. The minimum atomic E-state index is -0.680. The molecule has 3 aromatic rings. The van der Waals surface area contributed by atoms with E-state index in [1.165, 1.54) is 4.57 Å². The zero-order chi connectivity index (χ0) is 22.0. The molecule has 8 heteroatoms. The second-order valence-electron chi connectivity index (χ2n) is 7.42. The number of H-pyrrole nitrogens is 1. The van der Waals surface area contributed by atoms with E-state index in [4.69, 9.17) is 4.74 Å². The van der Waals surface area contributed by atoms with Crippen LogP contribution >= 0.6 is 0 Å². The van der Waals surface area contributed by atoms with Gasteiger partial charge < -0.3 is 24.1 Å². The van der Waals surface area contributed by atoms with Gasteiger partial charge in [0, 0.05) is 38.3 Å². The Balaban J connectivity index is 1.53. The van der Waals surface area contributed by atoms with Crippen LogP contribution in [0, 0.1) is 0 Å². The lowest BCUT2D eigenvalue weighted by molar-refractivity contribution is 0.0747. The Labute approximate surface area is 179 Å². The van der Waals surface area contributed by atoms with Gasteiger partial charge in [-0.15, -0.1) is 0 Å². The van der Waals surface area contributed by atoms with Crippen LogP contribution in [0.2, 0.25) is 0 Å². The maximum absolute atomic E-state index is 13.1. The number of nitrogens with one attached hydrogen (secondary N) is 1. The zero-order valence-electron chi connectivity index (χ0n) is 17.8. The predicted molar refractivity (Wildman–Crippen MR) is 120 cm³/mol. The molecular formula is C23H26N4O4. The molecule has 0 atom stereocenters. The Bertz CT molecular complexity index is 1220. The van der Waals surface area contributed by atoms with E-state index >= 15 is 0 Å². The normalized spacial score (nSPS) is 14.1. The van der Waals surface area contributed by atoms with Gasteiger partial charge in [0.15, 0.2) is 0 Å². The quantitative estimate of drug-likeness (QED) is 0.636. The minimum Gasteiger partial charge on any atom is -0.492 e. The Morgan fingerprint density at radius 2 is 1.77 bits per heavy atom. The lowest BCUT2D eigenvalue weighted by Gasteiger charge is -2.36. The van der Waals surface area contributed by atoms with Crippen LogP contribution in [0.5, 0.6) is 5.75 Å². The van der Waals surface area contributed by atoms with Crippen molar-refractivity contribution in [1.82, 2.24) is 14.5 Å². The third kappa shape index (κ3) is 3.93. The molecule has 0 spiro atoms. The number of rotatable bonds is 5.